The fourth-order valence-electron chi connectivity index (χ4n) is 7.85. The molecule has 0 bridgehead atoms. The molecule has 0 N–H and O–H groups in total. The molecule has 4 aromatic carbocycles. The van der Waals surface area contributed by atoms with Crippen LogP contribution in [0.25, 0.3) is 55.6 Å². The minimum absolute atomic E-state index is 0. The minimum Gasteiger partial charge on any atom is -0.469 e. The molecule has 0 aliphatic heterocycles. The van der Waals surface area contributed by atoms with Crippen molar-refractivity contribution in [2.45, 2.75) is 87.4 Å². The van der Waals surface area contributed by atoms with Gasteiger partial charge in [0.1, 0.15) is 5.58 Å². The van der Waals surface area contributed by atoms with Crippen LogP contribution in [0.15, 0.2) is 102 Å². The Bertz CT molecular complexity index is 2570. The molecule has 0 amide bonds. The first-order valence-electron chi connectivity index (χ1n) is 20.4. The van der Waals surface area contributed by atoms with Gasteiger partial charge in [-0.2, -0.15) is 37.1 Å². The molecule has 3 nitrogen and oxygen atoms in total. The molecule has 0 spiro atoms. The molecule has 0 saturated heterocycles. The molecule has 7 aromatic rings. The molecule has 0 fully saturated rings. The molecule has 1 radical (unpaired) electrons. The molecule has 7 rings (SSSR count). The van der Waals surface area contributed by atoms with E-state index in [0.717, 1.165) is 67.6 Å². The third kappa shape index (κ3) is 9.13. The minimum atomic E-state index is -1.45. The standard InChI is InChI=1S/C30H28NO.C23H34NSi.Ir/c1-19(2)17-22-15-16-31(5)27(18-22)28-21(4)11-14-26-25-8-6-7-24(29(25)32-30(26)28)23-12-9-20(3)10-13-23;1-15(2)19(6)21-13-22(24(7)14-23(21)25(8,9)10)20-12-17(4)16(3)11-18(20)5;/h6-16,18-19H,4-5,17H2,1-3H3;11-15,19H,5,7H2,1-4,6,8-10H3;/q2*-1;. The number of nitrogens with zero attached hydrogens (tertiary/aromatic N) is 2. The van der Waals surface area contributed by atoms with E-state index in [1.807, 2.05) is 10.8 Å². The number of benzene rings is 4. The van der Waals surface area contributed by atoms with E-state index in [1.165, 1.54) is 38.6 Å². The van der Waals surface area contributed by atoms with E-state index >= 15 is 0 Å². The second-order valence-electron chi connectivity index (χ2n) is 18.0. The first-order valence-corrected chi connectivity index (χ1v) is 23.9. The number of hydrogen-bond acceptors (Lipinski definition) is 1. The zero-order chi connectivity index (χ0) is 41.5. The number of rotatable bonds is 8. The van der Waals surface area contributed by atoms with E-state index in [-0.39, 0.29) is 20.1 Å². The maximum Gasteiger partial charge on any atom is 0.141 e. The summed E-state index contributed by atoms with van der Waals surface area (Å²) in [6.45, 7) is 33.8. The first-order chi connectivity index (χ1) is 26.8. The van der Waals surface area contributed by atoms with Crippen molar-refractivity contribution < 1.29 is 33.7 Å². The van der Waals surface area contributed by atoms with E-state index < -0.39 is 8.07 Å². The molecule has 58 heavy (non-hydrogen) atoms. The van der Waals surface area contributed by atoms with Crippen LogP contribution in [0.1, 0.15) is 79.5 Å². The van der Waals surface area contributed by atoms with E-state index in [1.54, 1.807) is 0 Å². The van der Waals surface area contributed by atoms with Crippen LogP contribution in [0.2, 0.25) is 19.6 Å². The Labute approximate surface area is 363 Å². The molecule has 0 saturated carbocycles. The smallest absolute Gasteiger partial charge is 0.141 e. The Morgan fingerprint density at radius 3 is 1.97 bits per heavy atom. The molecule has 305 valence electrons. The fourth-order valence-corrected chi connectivity index (χ4v) is 9.56. The SMILES string of the molecule is [CH2-]c1cc(C)c(C)cc1-c1cc(C(C)C(C)C)c([Si](C)(C)C)c[n+]1[CH2-].[CH2-]c1ccc2c(oc3c(-c4ccc(C)cc4)cccc32)c1-c1cc(CC(C)C)cc[n+]1[CH2-].[Ir]. The molecule has 3 aromatic heterocycles. The Balaban J connectivity index is 0.000000224. The third-order valence-corrected chi connectivity index (χ3v) is 13.6. The van der Waals surface area contributed by atoms with Gasteiger partial charge in [0.25, 0.3) is 0 Å². The second-order valence-corrected chi connectivity index (χ2v) is 23.0. The van der Waals surface area contributed by atoms with E-state index in [2.05, 4.69) is 199 Å². The van der Waals surface area contributed by atoms with Crippen LogP contribution in [0.4, 0.5) is 0 Å². The molecular weight excluding hydrogens is 901 g/mol. The van der Waals surface area contributed by atoms with Gasteiger partial charge in [-0.1, -0.05) is 150 Å². The quantitative estimate of drug-likeness (QED) is 0.0845. The Hall–Kier alpha value is -4.67. The average molecular weight is 963 g/mol. The molecule has 3 heterocycles. The average Bonchev–Trinajstić information content (AvgIpc) is 3.53. The van der Waals surface area contributed by atoms with Gasteiger partial charge in [-0.25, -0.2) is 0 Å². The van der Waals surface area contributed by atoms with E-state index in [9.17, 15) is 0 Å². The second kappa shape index (κ2) is 17.7. The van der Waals surface area contributed by atoms with Crippen molar-refractivity contribution in [3.8, 4) is 33.6 Å². The molecule has 0 aliphatic rings. The number of aryl methyl sites for hydroxylation is 3. The van der Waals surface area contributed by atoms with Crippen molar-refractivity contribution in [2.75, 3.05) is 0 Å². The van der Waals surface area contributed by atoms with E-state index in [4.69, 9.17) is 4.42 Å². The summed E-state index contributed by atoms with van der Waals surface area (Å²) in [5.74, 6) is 1.73. The maximum atomic E-state index is 6.63. The van der Waals surface area contributed by atoms with Crippen molar-refractivity contribution in [3.05, 3.63) is 164 Å². The van der Waals surface area contributed by atoms with Gasteiger partial charge in [-0.15, -0.1) is 23.3 Å². The van der Waals surface area contributed by atoms with E-state index in [0.29, 0.717) is 17.8 Å². The van der Waals surface area contributed by atoms with Gasteiger partial charge >= 0.3 is 0 Å². The van der Waals surface area contributed by atoms with Gasteiger partial charge < -0.3 is 13.6 Å². The normalized spacial score (nSPS) is 12.2. The topological polar surface area (TPSA) is 20.9 Å². The summed E-state index contributed by atoms with van der Waals surface area (Å²) in [4.78, 5) is 0. The predicted octanol–water partition coefficient (Wildman–Crippen LogP) is 12.9. The van der Waals surface area contributed by atoms with Crippen LogP contribution in [-0.2, 0) is 26.5 Å². The summed E-state index contributed by atoms with van der Waals surface area (Å²) >= 11 is 0. The van der Waals surface area contributed by atoms with Crippen LogP contribution in [0, 0.1) is 60.5 Å². The van der Waals surface area contributed by atoms with Crippen molar-refractivity contribution in [2.24, 2.45) is 11.8 Å². The van der Waals surface area contributed by atoms with Crippen molar-refractivity contribution in [1.82, 2.24) is 0 Å². The fraction of sp³-hybridized carbons (Fsp3) is 0.283. The molecular formula is C53H62IrN2OSi-2. The summed E-state index contributed by atoms with van der Waals surface area (Å²) < 4.78 is 10.6. The van der Waals surface area contributed by atoms with Crippen LogP contribution < -0.4 is 14.3 Å². The predicted molar refractivity (Wildman–Crippen MR) is 246 cm³/mol. The zero-order valence-electron chi connectivity index (χ0n) is 36.6. The van der Waals surface area contributed by atoms with Gasteiger partial charge in [0.05, 0.1) is 37.4 Å². The van der Waals surface area contributed by atoms with Gasteiger partial charge in [0, 0.05) is 50.5 Å². The van der Waals surface area contributed by atoms with Crippen LogP contribution >= 0.6 is 0 Å². The van der Waals surface area contributed by atoms with Crippen LogP contribution in [-0.4, -0.2) is 8.07 Å². The number of para-hydroxylation sites is 1. The summed E-state index contributed by atoms with van der Waals surface area (Å²) in [5.41, 5.74) is 17.1. The van der Waals surface area contributed by atoms with Gasteiger partial charge in [-0.3, -0.25) is 0 Å². The van der Waals surface area contributed by atoms with Gasteiger partial charge in [0.15, 0.2) is 0 Å². The Kier molecular flexibility index (Phi) is 13.5. The van der Waals surface area contributed by atoms with Gasteiger partial charge in [-0.05, 0) is 48.8 Å². The number of pyridine rings is 2. The number of hydrogen-bond donors (Lipinski definition) is 0. The number of furan rings is 1. The molecule has 0 aliphatic carbocycles. The van der Waals surface area contributed by atoms with Crippen LogP contribution in [0.3, 0.4) is 0 Å². The molecule has 1 unspecified atom stereocenters. The monoisotopic (exact) mass is 963 g/mol. The van der Waals surface area contributed by atoms with Crippen molar-refractivity contribution in [1.29, 1.82) is 0 Å². The maximum absolute atomic E-state index is 6.63. The van der Waals surface area contributed by atoms with Gasteiger partial charge in [0.2, 0.25) is 0 Å². The third-order valence-electron chi connectivity index (χ3n) is 11.6. The Morgan fingerprint density at radius 2 is 1.33 bits per heavy atom. The summed E-state index contributed by atoms with van der Waals surface area (Å²) in [7, 11) is 7.11. The Morgan fingerprint density at radius 1 is 0.672 bits per heavy atom. The number of aromatic nitrogens is 2. The van der Waals surface area contributed by atoms with Crippen molar-refractivity contribution >= 4 is 35.2 Å². The summed E-state index contributed by atoms with van der Waals surface area (Å²) in [6.07, 6.45) is 5.34. The summed E-state index contributed by atoms with van der Waals surface area (Å²) in [6, 6.07) is 30.4. The van der Waals surface area contributed by atoms with Crippen LogP contribution in [0.5, 0.6) is 0 Å². The number of fused-ring (bicyclic) bond motifs is 3. The molecule has 5 heteroatoms. The van der Waals surface area contributed by atoms with Crippen molar-refractivity contribution in [3.63, 3.8) is 0 Å². The molecule has 1 atom stereocenters. The zero-order valence-corrected chi connectivity index (χ0v) is 40.0. The largest absolute Gasteiger partial charge is 0.469 e. The first kappa shape index (κ1) is 44.4. The summed E-state index contributed by atoms with van der Waals surface area (Å²) in [5, 5.41) is 3.74.